The molecule has 2 aromatic carbocycles. The van der Waals surface area contributed by atoms with Gasteiger partial charge in [0.15, 0.2) is 4.32 Å². The second kappa shape index (κ2) is 7.14. The highest BCUT2D eigenvalue weighted by Gasteiger charge is 2.34. The summed E-state index contributed by atoms with van der Waals surface area (Å²) in [5.74, 6) is -1.22. The molecule has 0 spiro atoms. The number of anilines is 1. The summed E-state index contributed by atoms with van der Waals surface area (Å²) in [6.07, 6.45) is 3.69. The van der Waals surface area contributed by atoms with E-state index in [0.717, 1.165) is 28.6 Å². The number of nitrogens with zero attached hydrogens (tertiary/aromatic N) is 1. The van der Waals surface area contributed by atoms with E-state index in [9.17, 15) is 14.7 Å². The van der Waals surface area contributed by atoms with E-state index in [1.54, 1.807) is 6.08 Å². The number of ether oxygens (including phenoxy) is 1. The van der Waals surface area contributed by atoms with Gasteiger partial charge in [0.2, 0.25) is 0 Å². The lowest BCUT2D eigenvalue weighted by atomic mass is 10.1. The molecule has 2 N–H and O–H groups in total. The minimum Gasteiger partial charge on any atom is -0.507 e. The lowest BCUT2D eigenvalue weighted by molar-refractivity contribution is -0.113. The van der Waals surface area contributed by atoms with E-state index in [4.69, 9.17) is 22.1 Å². The van der Waals surface area contributed by atoms with Crippen molar-refractivity contribution in [2.45, 2.75) is 0 Å². The van der Waals surface area contributed by atoms with Crippen LogP contribution in [0, 0.1) is 0 Å². The first-order valence-corrected chi connectivity index (χ1v) is 9.43. The Morgan fingerprint density at radius 2 is 2.04 bits per heavy atom. The van der Waals surface area contributed by atoms with Gasteiger partial charge in [-0.15, -0.1) is 0 Å². The quantitative estimate of drug-likeness (QED) is 0.587. The number of hydrogen-bond acceptors (Lipinski definition) is 6. The molecule has 1 saturated heterocycles. The molecule has 1 amide bonds. The molecule has 6 nitrogen and oxygen atoms in total. The standard InChI is InChI=1S/C20H13NO5S2/c22-15-9-13(5-6-14(15)19(24)25)21-18(23)17(28-20(21)27)8-11-7-12-3-1-2-4-16(12)26-10-11/h1-9,22H,10H2,(H,24,25)/b17-8+. The van der Waals surface area contributed by atoms with E-state index >= 15 is 0 Å². The van der Waals surface area contributed by atoms with Crippen LogP contribution < -0.4 is 9.64 Å². The Balaban J connectivity index is 1.63. The number of carboxylic acid groups (broad SMARTS) is 1. The van der Waals surface area contributed by atoms with Gasteiger partial charge in [0.25, 0.3) is 5.91 Å². The van der Waals surface area contributed by atoms with E-state index in [1.807, 2.05) is 30.3 Å². The van der Waals surface area contributed by atoms with Crippen molar-refractivity contribution in [1.82, 2.24) is 0 Å². The van der Waals surface area contributed by atoms with Crippen molar-refractivity contribution in [1.29, 1.82) is 0 Å². The number of aromatic hydroxyl groups is 1. The van der Waals surface area contributed by atoms with Crippen LogP contribution in [0.5, 0.6) is 11.5 Å². The molecule has 28 heavy (non-hydrogen) atoms. The number of amides is 1. The number of carbonyl (C=O) groups excluding carboxylic acids is 1. The molecule has 0 aliphatic carbocycles. The van der Waals surface area contributed by atoms with Crippen LogP contribution in [0.15, 0.2) is 59.0 Å². The third-order valence-electron chi connectivity index (χ3n) is 4.23. The molecule has 2 aromatic rings. The van der Waals surface area contributed by atoms with Crippen LogP contribution in [-0.4, -0.2) is 33.0 Å². The number of carboxylic acids is 1. The normalized spacial score (nSPS) is 17.4. The first-order valence-electron chi connectivity index (χ1n) is 8.21. The van der Waals surface area contributed by atoms with Crippen molar-refractivity contribution in [3.8, 4) is 11.5 Å². The molecule has 2 heterocycles. The molecule has 0 unspecified atom stereocenters. The fourth-order valence-corrected chi connectivity index (χ4v) is 4.23. The largest absolute Gasteiger partial charge is 0.507 e. The first-order chi connectivity index (χ1) is 13.4. The van der Waals surface area contributed by atoms with Crippen LogP contribution >= 0.6 is 24.0 Å². The van der Waals surface area contributed by atoms with Gasteiger partial charge < -0.3 is 14.9 Å². The number of hydrogen-bond donors (Lipinski definition) is 2. The van der Waals surface area contributed by atoms with Gasteiger partial charge in [0.1, 0.15) is 23.7 Å². The van der Waals surface area contributed by atoms with Crippen LogP contribution in [0.4, 0.5) is 5.69 Å². The lowest BCUT2D eigenvalue weighted by Crippen LogP contribution is -2.27. The topological polar surface area (TPSA) is 87.1 Å². The summed E-state index contributed by atoms with van der Waals surface area (Å²) >= 11 is 6.46. The second-order valence-electron chi connectivity index (χ2n) is 6.07. The van der Waals surface area contributed by atoms with E-state index in [0.29, 0.717) is 21.5 Å². The van der Waals surface area contributed by atoms with Crippen molar-refractivity contribution in [3.05, 3.63) is 70.1 Å². The number of benzene rings is 2. The van der Waals surface area contributed by atoms with Gasteiger partial charge in [-0.3, -0.25) is 9.69 Å². The fourth-order valence-electron chi connectivity index (χ4n) is 2.92. The van der Waals surface area contributed by atoms with Gasteiger partial charge in [-0.1, -0.05) is 42.2 Å². The Hall–Kier alpha value is -3.10. The van der Waals surface area contributed by atoms with E-state index < -0.39 is 11.7 Å². The van der Waals surface area contributed by atoms with Gasteiger partial charge in [-0.25, -0.2) is 4.79 Å². The van der Waals surface area contributed by atoms with Gasteiger partial charge in [-0.05, 0) is 35.9 Å². The molecule has 4 rings (SSSR count). The Bertz CT molecular complexity index is 1090. The maximum Gasteiger partial charge on any atom is 0.339 e. The Kier molecular flexibility index (Phi) is 4.66. The number of rotatable bonds is 3. The van der Waals surface area contributed by atoms with Crippen LogP contribution in [0.2, 0.25) is 0 Å². The summed E-state index contributed by atoms with van der Waals surface area (Å²) < 4.78 is 6.00. The van der Waals surface area contributed by atoms with Crippen molar-refractivity contribution >= 4 is 51.9 Å². The summed E-state index contributed by atoms with van der Waals surface area (Å²) in [4.78, 5) is 25.6. The van der Waals surface area contributed by atoms with Crippen molar-refractivity contribution < 1.29 is 24.5 Å². The molecule has 0 radical (unpaired) electrons. The van der Waals surface area contributed by atoms with Gasteiger partial charge in [-0.2, -0.15) is 0 Å². The SMILES string of the molecule is O=C(O)c1ccc(N2C(=O)/C(=C\C3=Cc4ccccc4OC3)SC2=S)cc1O. The molecular weight excluding hydrogens is 398 g/mol. The summed E-state index contributed by atoms with van der Waals surface area (Å²) in [6, 6.07) is 11.5. The maximum absolute atomic E-state index is 12.8. The van der Waals surface area contributed by atoms with Crippen LogP contribution in [0.25, 0.3) is 6.08 Å². The molecule has 140 valence electrons. The van der Waals surface area contributed by atoms with Gasteiger partial charge in [0, 0.05) is 11.6 Å². The second-order valence-corrected chi connectivity index (χ2v) is 7.75. The molecule has 2 aliphatic heterocycles. The molecular formula is C20H13NO5S2. The maximum atomic E-state index is 12.8. The van der Waals surface area contributed by atoms with Gasteiger partial charge >= 0.3 is 5.97 Å². The van der Waals surface area contributed by atoms with E-state index in [-0.39, 0.29) is 11.5 Å². The highest BCUT2D eigenvalue weighted by atomic mass is 32.2. The van der Waals surface area contributed by atoms with Crippen molar-refractivity contribution in [2.75, 3.05) is 11.5 Å². The molecule has 0 atom stereocenters. The molecule has 2 aliphatic rings. The van der Waals surface area contributed by atoms with Crippen LogP contribution in [0.1, 0.15) is 15.9 Å². The van der Waals surface area contributed by atoms with Crippen molar-refractivity contribution in [2.24, 2.45) is 0 Å². The highest BCUT2D eigenvalue weighted by Crippen LogP contribution is 2.38. The third kappa shape index (κ3) is 3.28. The van der Waals surface area contributed by atoms with E-state index in [2.05, 4.69) is 0 Å². The number of fused-ring (bicyclic) bond motifs is 1. The summed E-state index contributed by atoms with van der Waals surface area (Å²) in [6.45, 7) is 0.342. The lowest BCUT2D eigenvalue weighted by Gasteiger charge is -2.16. The predicted octanol–water partition coefficient (Wildman–Crippen LogP) is 3.82. The van der Waals surface area contributed by atoms with Crippen LogP contribution in [-0.2, 0) is 4.79 Å². The fraction of sp³-hybridized carbons (Fsp3) is 0.0500. The molecule has 8 heteroatoms. The summed E-state index contributed by atoms with van der Waals surface area (Å²) in [5.41, 5.74) is 1.84. The first kappa shape index (κ1) is 18.3. The minimum absolute atomic E-state index is 0.243. The minimum atomic E-state index is -1.25. The zero-order valence-electron chi connectivity index (χ0n) is 14.3. The number of aromatic carboxylic acids is 1. The smallest absolute Gasteiger partial charge is 0.339 e. The Morgan fingerprint density at radius 1 is 1.25 bits per heavy atom. The molecule has 1 fully saturated rings. The zero-order chi connectivity index (χ0) is 19.8. The zero-order valence-corrected chi connectivity index (χ0v) is 15.9. The number of thiocarbonyl (C=S) groups is 1. The highest BCUT2D eigenvalue weighted by molar-refractivity contribution is 8.27. The Morgan fingerprint density at radius 3 is 2.79 bits per heavy atom. The molecule has 0 saturated carbocycles. The Labute approximate surface area is 169 Å². The average molecular weight is 411 g/mol. The molecule has 0 bridgehead atoms. The number of thioether (sulfide) groups is 1. The van der Waals surface area contributed by atoms with Crippen LogP contribution in [0.3, 0.4) is 0 Å². The summed E-state index contributed by atoms with van der Waals surface area (Å²) in [5, 5.41) is 18.9. The monoisotopic (exact) mass is 411 g/mol. The average Bonchev–Trinajstić information content (AvgIpc) is 2.94. The predicted molar refractivity (Wildman–Crippen MR) is 111 cm³/mol. The third-order valence-corrected chi connectivity index (χ3v) is 5.54. The number of phenols is 1. The molecule has 0 aromatic heterocycles. The number of para-hydroxylation sites is 1. The van der Waals surface area contributed by atoms with Crippen molar-refractivity contribution in [3.63, 3.8) is 0 Å². The van der Waals surface area contributed by atoms with E-state index in [1.165, 1.54) is 23.1 Å². The van der Waals surface area contributed by atoms with Gasteiger partial charge in [0.05, 0.1) is 10.6 Å². The number of carbonyl (C=O) groups is 2. The summed E-state index contributed by atoms with van der Waals surface area (Å²) in [7, 11) is 0.